The van der Waals surface area contributed by atoms with E-state index in [2.05, 4.69) is 21.2 Å². The molecule has 2 aromatic rings. The van der Waals surface area contributed by atoms with Crippen LogP contribution in [0.2, 0.25) is 5.02 Å². The number of nitrogens with one attached hydrogen (secondary N) is 3. The number of rotatable bonds is 4. The molecule has 0 radical (unpaired) electrons. The third-order valence-corrected chi connectivity index (χ3v) is 8.43. The smallest absolute Gasteiger partial charge is 0.262 e. The predicted octanol–water partition coefficient (Wildman–Crippen LogP) is 2.77. The highest BCUT2D eigenvalue weighted by Gasteiger charge is 2.55. The first kappa shape index (κ1) is 22.9. The first-order chi connectivity index (χ1) is 16.7. The number of nitrogens with two attached hydrogens (primary N) is 1. The van der Waals surface area contributed by atoms with Crippen LogP contribution < -0.4 is 32.4 Å². The zero-order valence-electron chi connectivity index (χ0n) is 19.5. The van der Waals surface area contributed by atoms with E-state index in [1.807, 2.05) is 4.90 Å². The summed E-state index contributed by atoms with van der Waals surface area (Å²) in [6.45, 7) is 1.04. The lowest BCUT2D eigenvalue weighted by atomic mass is 9.74. The molecule has 9 nitrogen and oxygen atoms in total. The van der Waals surface area contributed by atoms with Gasteiger partial charge in [0.2, 0.25) is 11.9 Å². The minimum Gasteiger partial charge on any atom is -0.366 e. The molecule has 5 N–H and O–H groups in total. The van der Waals surface area contributed by atoms with Crippen LogP contribution in [0.3, 0.4) is 0 Å². The predicted molar refractivity (Wildman–Crippen MR) is 130 cm³/mol. The van der Waals surface area contributed by atoms with Crippen molar-refractivity contribution in [3.8, 4) is 0 Å². The summed E-state index contributed by atoms with van der Waals surface area (Å²) in [7, 11) is 1.69. The maximum atomic E-state index is 14.0. The van der Waals surface area contributed by atoms with Gasteiger partial charge in [-0.1, -0.05) is 11.6 Å². The van der Waals surface area contributed by atoms with Crippen LogP contribution >= 0.6 is 11.6 Å². The molecule has 0 aromatic carbocycles. The molecule has 2 saturated carbocycles. The summed E-state index contributed by atoms with van der Waals surface area (Å²) < 4.78 is 29.6. The molecule has 35 heavy (non-hydrogen) atoms. The highest BCUT2D eigenvalue weighted by molar-refractivity contribution is 6.33. The number of nitrogens with zero attached hydrogens (tertiary/aromatic N) is 4. The molecule has 2 aliphatic carbocycles. The van der Waals surface area contributed by atoms with Crippen LogP contribution in [-0.4, -0.2) is 45.6 Å². The summed E-state index contributed by atoms with van der Waals surface area (Å²) >= 11 is 6.67. The number of fused-ring (bicyclic) bond motifs is 1. The molecule has 0 bridgehead atoms. The third-order valence-electron chi connectivity index (χ3n) is 8.03. The summed E-state index contributed by atoms with van der Waals surface area (Å²) in [4.78, 5) is 24.6. The fourth-order valence-corrected chi connectivity index (χ4v) is 6.13. The second kappa shape index (κ2) is 8.01. The Morgan fingerprint density at radius 2 is 2.03 bits per heavy atom. The number of hydrogen-bond acceptors (Lipinski definition) is 8. The summed E-state index contributed by atoms with van der Waals surface area (Å²) in [5.41, 5.74) is 12.8. The highest BCUT2D eigenvalue weighted by Crippen LogP contribution is 2.52. The Balaban J connectivity index is 1.27. The average molecular weight is 507 g/mol. The van der Waals surface area contributed by atoms with Gasteiger partial charge in [0.15, 0.2) is 5.82 Å². The summed E-state index contributed by atoms with van der Waals surface area (Å²) in [6.07, 6.45) is 4.54. The molecule has 188 valence electrons. The van der Waals surface area contributed by atoms with Crippen molar-refractivity contribution in [2.45, 2.75) is 62.6 Å². The molecule has 12 heteroatoms. The Morgan fingerprint density at radius 1 is 1.29 bits per heavy atom. The Morgan fingerprint density at radius 3 is 2.69 bits per heavy atom. The summed E-state index contributed by atoms with van der Waals surface area (Å²) in [5, 5.41) is 3.80. The molecular weight excluding hydrogens is 478 g/mol. The lowest BCUT2D eigenvalue weighted by Gasteiger charge is -2.42. The minimum atomic E-state index is -2.70. The number of alkyl halides is 2. The zero-order valence-corrected chi connectivity index (χ0v) is 20.2. The van der Waals surface area contributed by atoms with E-state index < -0.39 is 23.4 Å². The van der Waals surface area contributed by atoms with Crippen molar-refractivity contribution < 1.29 is 8.78 Å². The van der Waals surface area contributed by atoms with Crippen LogP contribution in [-0.2, 0) is 7.05 Å². The van der Waals surface area contributed by atoms with Crippen LogP contribution in [0.4, 0.5) is 26.4 Å². The van der Waals surface area contributed by atoms with Crippen LogP contribution in [0.25, 0.3) is 0 Å². The monoisotopic (exact) mass is 506 g/mol. The molecular formula is C23H29ClF2N8O. The van der Waals surface area contributed by atoms with E-state index in [9.17, 15) is 13.6 Å². The van der Waals surface area contributed by atoms with Gasteiger partial charge >= 0.3 is 0 Å². The van der Waals surface area contributed by atoms with E-state index in [0.29, 0.717) is 60.1 Å². The molecule has 2 aliphatic heterocycles. The maximum absolute atomic E-state index is 14.0. The van der Waals surface area contributed by atoms with Crippen molar-refractivity contribution in [2.24, 2.45) is 18.2 Å². The second-order valence-electron chi connectivity index (χ2n) is 10.4. The Hall–Kier alpha value is -2.50. The number of hydrogen-bond donors (Lipinski definition) is 4. The van der Waals surface area contributed by atoms with Gasteiger partial charge in [-0.05, 0) is 42.7 Å². The Labute approximate surface area is 206 Å². The third kappa shape index (κ3) is 3.84. The van der Waals surface area contributed by atoms with Crippen molar-refractivity contribution >= 4 is 29.2 Å². The molecule has 1 saturated heterocycles. The van der Waals surface area contributed by atoms with Gasteiger partial charge in [0.05, 0.1) is 16.6 Å². The van der Waals surface area contributed by atoms with Crippen molar-refractivity contribution in [1.82, 2.24) is 20.0 Å². The Kier molecular flexibility index (Phi) is 5.25. The van der Waals surface area contributed by atoms with Gasteiger partial charge in [0, 0.05) is 51.3 Å². The molecule has 3 fully saturated rings. The largest absolute Gasteiger partial charge is 0.366 e. The van der Waals surface area contributed by atoms with E-state index in [-0.39, 0.29) is 18.4 Å². The van der Waals surface area contributed by atoms with Gasteiger partial charge in [0.25, 0.3) is 5.56 Å². The summed E-state index contributed by atoms with van der Waals surface area (Å²) in [6, 6.07) is 1.20. The van der Waals surface area contributed by atoms with Crippen molar-refractivity contribution in [3.63, 3.8) is 0 Å². The number of hydrazine groups is 1. The quantitative estimate of drug-likeness (QED) is 0.501. The van der Waals surface area contributed by atoms with Crippen molar-refractivity contribution in [3.05, 3.63) is 38.8 Å². The zero-order chi connectivity index (χ0) is 24.5. The molecule has 4 heterocycles. The number of anilines is 3. The molecule has 1 unspecified atom stereocenters. The van der Waals surface area contributed by atoms with Crippen LogP contribution in [0.15, 0.2) is 17.1 Å². The standard InChI is InChI=1S/C23H29ClF2N8O/c1-33-20(35)15-17(13-4-7-28-19(16(13)24)29-12-2-3-12)31-32-18(15)30-21(33)34-8-5-22(6-9-34)11-23(25,26)10-14(22)27/h4,7,12,14,17,31-32H,2-3,5-6,8-11,27H2,1H3,(H,28,29)/t14-,17?/m1/s1. The van der Waals surface area contributed by atoms with E-state index in [1.54, 1.807) is 19.3 Å². The number of aromatic nitrogens is 3. The highest BCUT2D eigenvalue weighted by atomic mass is 35.5. The number of halogens is 3. The van der Waals surface area contributed by atoms with Gasteiger partial charge < -0.3 is 21.4 Å². The van der Waals surface area contributed by atoms with Crippen LogP contribution in [0.1, 0.15) is 55.7 Å². The minimum absolute atomic E-state index is 0.164. The van der Waals surface area contributed by atoms with Gasteiger partial charge in [-0.2, -0.15) is 4.98 Å². The van der Waals surface area contributed by atoms with Crippen LogP contribution in [0.5, 0.6) is 0 Å². The van der Waals surface area contributed by atoms with E-state index >= 15 is 0 Å². The molecule has 4 aliphatic rings. The van der Waals surface area contributed by atoms with E-state index in [4.69, 9.17) is 22.3 Å². The fourth-order valence-electron chi connectivity index (χ4n) is 5.85. The topological polar surface area (TPSA) is 113 Å². The Bertz CT molecular complexity index is 1220. The van der Waals surface area contributed by atoms with Gasteiger partial charge in [-0.25, -0.2) is 19.2 Å². The second-order valence-corrected chi connectivity index (χ2v) is 10.8. The maximum Gasteiger partial charge on any atom is 0.262 e. The van der Waals surface area contributed by atoms with E-state index in [1.165, 1.54) is 4.57 Å². The molecule has 2 aromatic heterocycles. The molecule has 0 amide bonds. The van der Waals surface area contributed by atoms with E-state index in [0.717, 1.165) is 18.4 Å². The van der Waals surface area contributed by atoms with Crippen LogP contribution in [0, 0.1) is 5.41 Å². The molecule has 1 spiro atoms. The first-order valence-electron chi connectivity index (χ1n) is 12.1. The first-order valence-corrected chi connectivity index (χ1v) is 12.5. The normalized spacial score (nSPS) is 26.6. The fraction of sp³-hybridized carbons (Fsp3) is 0.609. The average Bonchev–Trinajstić information content (AvgIpc) is 3.48. The number of pyridine rings is 1. The lowest BCUT2D eigenvalue weighted by molar-refractivity contribution is -0.00686. The molecule has 6 rings (SSSR count). The van der Waals surface area contributed by atoms with Crippen molar-refractivity contribution in [2.75, 3.05) is 28.7 Å². The lowest BCUT2D eigenvalue weighted by Crippen LogP contribution is -2.48. The van der Waals surface area contributed by atoms with Gasteiger partial charge in [-0.3, -0.25) is 9.36 Å². The van der Waals surface area contributed by atoms with Gasteiger partial charge in [0.1, 0.15) is 5.82 Å². The molecule has 2 atom stereocenters. The van der Waals surface area contributed by atoms with Gasteiger partial charge in [-0.15, -0.1) is 0 Å². The SMILES string of the molecule is Cn1c(N2CCC3(CC2)CC(F)(F)C[C@H]3N)nc2c(c1=O)C(c1ccnc(NC3CC3)c1Cl)NN2. The number of piperidine rings is 1. The van der Waals surface area contributed by atoms with Crippen molar-refractivity contribution in [1.29, 1.82) is 0 Å². The summed E-state index contributed by atoms with van der Waals surface area (Å²) in [5.74, 6) is -1.13.